The molecule has 0 aliphatic carbocycles. The molecule has 3 aliphatic rings. The van der Waals surface area contributed by atoms with Gasteiger partial charge in [-0.05, 0) is 12.8 Å². The van der Waals surface area contributed by atoms with Gasteiger partial charge in [0.1, 0.15) is 79.4 Å². The van der Waals surface area contributed by atoms with Gasteiger partial charge in [-0.25, -0.2) is 4.79 Å². The number of carbonyl (C=O) groups is 3. The van der Waals surface area contributed by atoms with Crippen LogP contribution in [0.3, 0.4) is 0 Å². The molecule has 3 rings (SSSR count). The number of unbranched alkanes of at least 4 members (excludes halogenated alkanes) is 29. The number of nitrogens with one attached hydrogen (secondary N) is 2. The van der Waals surface area contributed by atoms with Gasteiger partial charge < -0.3 is 111 Å². The number of hydrogen-bond acceptors (Lipinski definition) is 22. The first-order valence-electron chi connectivity index (χ1n) is 34.1. The molecular weight excluding hydrogens is 1160 g/mol. The molecule has 0 saturated carbocycles. The summed E-state index contributed by atoms with van der Waals surface area (Å²) in [5.74, 6) is -6.72. The van der Waals surface area contributed by atoms with Crippen molar-refractivity contribution in [3.8, 4) is 0 Å². The summed E-state index contributed by atoms with van der Waals surface area (Å²) >= 11 is 0. The third-order valence-corrected chi connectivity index (χ3v) is 17.8. The zero-order chi connectivity index (χ0) is 65.7. The van der Waals surface area contributed by atoms with Gasteiger partial charge in [0, 0.05) is 13.3 Å². The maximum Gasteiger partial charge on any atom is 0.364 e. The Hall–Kier alpha value is -2.35. The van der Waals surface area contributed by atoms with Crippen molar-refractivity contribution < 1.29 is 114 Å². The van der Waals surface area contributed by atoms with E-state index in [9.17, 15) is 85.9 Å². The first-order valence-corrected chi connectivity index (χ1v) is 34.1. The van der Waals surface area contributed by atoms with Crippen LogP contribution in [0.1, 0.15) is 239 Å². The number of carboxylic acids is 1. The van der Waals surface area contributed by atoms with E-state index in [0.717, 1.165) is 64.7 Å². The molecule has 0 aromatic carbocycles. The van der Waals surface area contributed by atoms with Crippen molar-refractivity contribution in [2.24, 2.45) is 0 Å². The summed E-state index contributed by atoms with van der Waals surface area (Å²) in [5.41, 5.74) is 0. The molecule has 3 fully saturated rings. The fourth-order valence-electron chi connectivity index (χ4n) is 12.2. The van der Waals surface area contributed by atoms with Crippen LogP contribution in [0.2, 0.25) is 0 Å². The Morgan fingerprint density at radius 2 is 1.00 bits per heavy atom. The Morgan fingerprint density at radius 1 is 0.551 bits per heavy atom. The lowest BCUT2D eigenvalue weighted by Crippen LogP contribution is -2.70. The lowest BCUT2D eigenvalue weighted by molar-refractivity contribution is -0.386. The third kappa shape index (κ3) is 28.6. The first kappa shape index (κ1) is 80.9. The van der Waals surface area contributed by atoms with E-state index >= 15 is 0 Å². The largest absolute Gasteiger partial charge is 0.477 e. The van der Waals surface area contributed by atoms with Gasteiger partial charge in [0.05, 0.1) is 50.7 Å². The molecule has 0 radical (unpaired) electrons. The Morgan fingerprint density at radius 3 is 1.44 bits per heavy atom. The van der Waals surface area contributed by atoms with E-state index in [0.29, 0.717) is 12.8 Å². The van der Waals surface area contributed by atoms with Crippen LogP contribution in [0.4, 0.5) is 0 Å². The highest BCUT2D eigenvalue weighted by atomic mass is 16.8. The number of ether oxygens (including phenoxy) is 6. The SMILES string of the molecule is CCCCCCCCCCCCCCCCCCCCC(O)C(=O)NC(COC1OC(CO)C(OC2OC(CO)C(O)C(OC3(C(=O)O)CC(O)C(NC(C)=O)C(C(O)C(O)CO)O3)C2O)C(O)C1O)C(O)C(O)CCCCCCCCCCCCCCC. The molecule has 25 nitrogen and oxygen atoms in total. The fraction of sp³-hybridized carbons (Fsp3) is 0.953. The summed E-state index contributed by atoms with van der Waals surface area (Å²) in [6.07, 6.45) is 2.49. The maximum atomic E-state index is 13.6. The van der Waals surface area contributed by atoms with Crippen LogP contribution in [0.25, 0.3) is 0 Å². The molecule has 0 bridgehead atoms. The molecule has 0 aromatic rings. The quantitative estimate of drug-likeness (QED) is 0.0389. The van der Waals surface area contributed by atoms with E-state index in [2.05, 4.69) is 24.5 Å². The number of carbonyl (C=O) groups excluding carboxylic acids is 2. The van der Waals surface area contributed by atoms with E-state index in [1.54, 1.807) is 0 Å². The predicted molar refractivity (Wildman–Crippen MR) is 327 cm³/mol. The molecule has 20 unspecified atom stereocenters. The van der Waals surface area contributed by atoms with E-state index in [-0.39, 0.29) is 12.8 Å². The van der Waals surface area contributed by atoms with Crippen molar-refractivity contribution in [3.05, 3.63) is 0 Å². The second-order valence-corrected chi connectivity index (χ2v) is 25.3. The Kier molecular flexibility index (Phi) is 41.7. The average molecular weight is 1290 g/mol. The van der Waals surface area contributed by atoms with Gasteiger partial charge >= 0.3 is 5.97 Å². The summed E-state index contributed by atoms with van der Waals surface area (Å²) in [5, 5.41) is 158. The molecule has 524 valence electrons. The molecule has 3 aliphatic heterocycles. The number of hydrogen-bond donors (Lipinski definition) is 16. The third-order valence-electron chi connectivity index (χ3n) is 17.8. The van der Waals surface area contributed by atoms with Gasteiger partial charge in [-0.2, -0.15) is 0 Å². The number of rotatable bonds is 51. The zero-order valence-corrected chi connectivity index (χ0v) is 53.8. The standard InChI is InChI=1S/C64H120N2O23/c1-4-6-8-10-12-14-16-18-19-20-21-22-24-26-28-30-32-34-36-45(72)60(81)66-43(51(75)44(71)35-33-31-29-27-25-23-17-15-13-11-9-7-5-2)41-84-61-55(79)54(78)57(49(40-69)86-61)87-62-56(80)59(53(77)48(39-68)85-62)89-64(63(82)83)37-46(73)50(65-42(3)70)58(88-64)52(76)47(74)38-67/h43-59,61-62,67-69,71-80H,4-41H2,1-3H3,(H,65,70)(H,66,81)(H,82,83). The van der Waals surface area contributed by atoms with Crippen LogP contribution in [-0.4, -0.2) is 238 Å². The maximum absolute atomic E-state index is 13.6. The van der Waals surface area contributed by atoms with Gasteiger partial charge in [0.2, 0.25) is 11.8 Å². The molecule has 20 atom stereocenters. The van der Waals surface area contributed by atoms with Crippen LogP contribution in [0.5, 0.6) is 0 Å². The lowest BCUT2D eigenvalue weighted by Gasteiger charge is -2.50. The Balaban J connectivity index is 1.65. The topological polar surface area (TPSA) is 414 Å². The van der Waals surface area contributed by atoms with E-state index in [1.807, 2.05) is 0 Å². The minimum Gasteiger partial charge on any atom is -0.477 e. The predicted octanol–water partition coefficient (Wildman–Crippen LogP) is 3.28. The number of aliphatic hydroxyl groups is 13. The van der Waals surface area contributed by atoms with E-state index < -0.39 is 173 Å². The molecule has 0 aromatic heterocycles. The highest BCUT2D eigenvalue weighted by Gasteiger charge is 2.60. The van der Waals surface area contributed by atoms with Crippen molar-refractivity contribution >= 4 is 17.8 Å². The Labute approximate surface area is 528 Å². The molecule has 3 heterocycles. The molecule has 2 amide bonds. The van der Waals surface area contributed by atoms with E-state index in [1.165, 1.54) is 128 Å². The van der Waals surface area contributed by atoms with Crippen molar-refractivity contribution in [2.45, 2.75) is 361 Å². The number of aliphatic carboxylic acids is 1. The van der Waals surface area contributed by atoms with Gasteiger partial charge in [-0.1, -0.05) is 213 Å². The van der Waals surface area contributed by atoms with Crippen LogP contribution >= 0.6 is 0 Å². The second kappa shape index (κ2) is 45.9. The van der Waals surface area contributed by atoms with Gasteiger partial charge in [-0.15, -0.1) is 0 Å². The summed E-state index contributed by atoms with van der Waals surface area (Å²) in [6.45, 7) is 1.74. The van der Waals surface area contributed by atoms with Crippen LogP contribution in [0, 0.1) is 0 Å². The molecule has 3 saturated heterocycles. The van der Waals surface area contributed by atoms with Gasteiger partial charge in [0.25, 0.3) is 5.79 Å². The summed E-state index contributed by atoms with van der Waals surface area (Å²) < 4.78 is 34.6. The molecule has 0 spiro atoms. The van der Waals surface area contributed by atoms with E-state index in [4.69, 9.17) is 28.4 Å². The summed E-state index contributed by atoms with van der Waals surface area (Å²) in [6, 6.07) is -2.99. The number of carboxylic acid groups (broad SMARTS) is 1. The van der Waals surface area contributed by atoms with Gasteiger partial charge in [0.15, 0.2) is 12.6 Å². The zero-order valence-electron chi connectivity index (χ0n) is 53.8. The van der Waals surface area contributed by atoms with Crippen molar-refractivity contribution in [2.75, 3.05) is 26.4 Å². The summed E-state index contributed by atoms with van der Waals surface area (Å²) in [4.78, 5) is 38.6. The van der Waals surface area contributed by atoms with Crippen LogP contribution in [0.15, 0.2) is 0 Å². The van der Waals surface area contributed by atoms with Crippen molar-refractivity contribution in [3.63, 3.8) is 0 Å². The monoisotopic (exact) mass is 1280 g/mol. The normalized spacial score (nSPS) is 29.5. The number of aliphatic hydroxyl groups excluding tert-OH is 13. The molecule has 89 heavy (non-hydrogen) atoms. The molecule has 16 N–H and O–H groups in total. The van der Waals surface area contributed by atoms with Gasteiger partial charge in [-0.3, -0.25) is 9.59 Å². The minimum atomic E-state index is -3.11. The number of amides is 2. The minimum absolute atomic E-state index is 0.134. The van der Waals surface area contributed by atoms with Crippen molar-refractivity contribution in [1.82, 2.24) is 10.6 Å². The second-order valence-electron chi connectivity index (χ2n) is 25.3. The summed E-state index contributed by atoms with van der Waals surface area (Å²) in [7, 11) is 0. The smallest absolute Gasteiger partial charge is 0.364 e. The first-order chi connectivity index (χ1) is 42.7. The highest BCUT2D eigenvalue weighted by molar-refractivity contribution is 5.80. The lowest BCUT2D eigenvalue weighted by atomic mass is 9.88. The average Bonchev–Trinajstić information content (AvgIpc) is 0.858. The van der Waals surface area contributed by atoms with Crippen LogP contribution < -0.4 is 10.6 Å². The molecular formula is C64H120N2O23. The van der Waals surface area contributed by atoms with Crippen molar-refractivity contribution in [1.29, 1.82) is 0 Å². The fourth-order valence-corrected chi connectivity index (χ4v) is 12.2. The highest BCUT2D eigenvalue weighted by Crippen LogP contribution is 2.39. The molecule has 25 heteroatoms. The Bertz CT molecular complexity index is 1850. The van der Waals surface area contributed by atoms with Crippen LogP contribution in [-0.2, 0) is 42.8 Å².